The first-order valence-electron chi connectivity index (χ1n) is 3.07. The van der Waals surface area contributed by atoms with Gasteiger partial charge in [-0.1, -0.05) is 0 Å². The van der Waals surface area contributed by atoms with Crippen molar-refractivity contribution >= 4 is 11.9 Å². The number of esters is 1. The molecule has 0 aliphatic rings. The fourth-order valence-corrected chi connectivity index (χ4v) is 0.449. The van der Waals surface area contributed by atoms with E-state index < -0.39 is 11.9 Å². The second-order valence-electron chi connectivity index (χ2n) is 1.73. The van der Waals surface area contributed by atoms with Crippen LogP contribution in [0.15, 0.2) is 0 Å². The van der Waals surface area contributed by atoms with Crippen molar-refractivity contribution in [1.29, 1.82) is 0 Å². The summed E-state index contributed by atoms with van der Waals surface area (Å²) >= 11 is 0. The van der Waals surface area contributed by atoms with E-state index in [4.69, 9.17) is 5.73 Å². The standard InChI is InChI=1S/C6H10NO3/c1-2-10-6(9)4-3-5(7)8/h7H,2-4H2,1H3. The van der Waals surface area contributed by atoms with Gasteiger partial charge in [-0.2, -0.15) is 0 Å². The van der Waals surface area contributed by atoms with Gasteiger partial charge < -0.3 is 4.74 Å². The van der Waals surface area contributed by atoms with E-state index in [2.05, 4.69) is 4.74 Å². The number of ether oxygens (including phenoxy) is 1. The van der Waals surface area contributed by atoms with E-state index in [0.717, 1.165) is 0 Å². The molecule has 0 aliphatic carbocycles. The minimum Gasteiger partial charge on any atom is -0.466 e. The lowest BCUT2D eigenvalue weighted by atomic mass is 10.3. The zero-order valence-corrected chi connectivity index (χ0v) is 5.85. The van der Waals surface area contributed by atoms with Crippen molar-refractivity contribution in [2.45, 2.75) is 19.8 Å². The van der Waals surface area contributed by atoms with Crippen LogP contribution in [0.25, 0.3) is 0 Å². The molecule has 4 nitrogen and oxygen atoms in total. The molecule has 0 aromatic heterocycles. The molecule has 0 fully saturated rings. The lowest BCUT2D eigenvalue weighted by molar-refractivity contribution is -0.144. The molecule has 0 unspecified atom stereocenters. The first-order valence-corrected chi connectivity index (χ1v) is 3.07. The van der Waals surface area contributed by atoms with Crippen LogP contribution >= 0.6 is 0 Å². The summed E-state index contributed by atoms with van der Waals surface area (Å²) in [6, 6.07) is 0. The molecule has 0 atom stereocenters. The Morgan fingerprint density at radius 2 is 2.00 bits per heavy atom. The summed E-state index contributed by atoms with van der Waals surface area (Å²) in [7, 11) is 0. The van der Waals surface area contributed by atoms with Crippen LogP contribution in [0.5, 0.6) is 0 Å². The maximum absolute atomic E-state index is 10.5. The van der Waals surface area contributed by atoms with Gasteiger partial charge in [0.2, 0.25) is 5.91 Å². The van der Waals surface area contributed by atoms with Crippen LogP contribution in [0.3, 0.4) is 0 Å². The Labute approximate surface area is 59.3 Å². The van der Waals surface area contributed by atoms with E-state index in [0.29, 0.717) is 6.61 Å². The van der Waals surface area contributed by atoms with Gasteiger partial charge in [0.15, 0.2) is 0 Å². The summed E-state index contributed by atoms with van der Waals surface area (Å²) in [6.45, 7) is 2.02. The lowest BCUT2D eigenvalue weighted by Crippen LogP contribution is -2.07. The molecule has 0 aromatic rings. The average Bonchev–Trinajstić information content (AvgIpc) is 1.85. The fraction of sp³-hybridized carbons (Fsp3) is 0.667. The first kappa shape index (κ1) is 8.94. The van der Waals surface area contributed by atoms with Gasteiger partial charge in [-0.05, 0) is 6.92 Å². The zero-order valence-electron chi connectivity index (χ0n) is 5.85. The zero-order chi connectivity index (χ0) is 7.98. The van der Waals surface area contributed by atoms with Crippen LogP contribution in [-0.4, -0.2) is 18.5 Å². The molecule has 4 heteroatoms. The van der Waals surface area contributed by atoms with Gasteiger partial charge in [-0.3, -0.25) is 15.3 Å². The van der Waals surface area contributed by atoms with Crippen molar-refractivity contribution in [3.8, 4) is 0 Å². The third kappa shape index (κ3) is 5.08. The van der Waals surface area contributed by atoms with E-state index >= 15 is 0 Å². The molecule has 0 saturated heterocycles. The Balaban J connectivity index is 3.30. The Morgan fingerprint density at radius 1 is 1.40 bits per heavy atom. The van der Waals surface area contributed by atoms with Crippen LogP contribution in [0.2, 0.25) is 0 Å². The molecule has 0 spiro atoms. The maximum Gasteiger partial charge on any atom is 0.306 e. The van der Waals surface area contributed by atoms with E-state index in [1.54, 1.807) is 6.92 Å². The molecule has 0 heterocycles. The van der Waals surface area contributed by atoms with Crippen molar-refractivity contribution < 1.29 is 14.3 Å². The predicted molar refractivity (Wildman–Crippen MR) is 34.0 cm³/mol. The molecule has 0 saturated carbocycles. The molecule has 10 heavy (non-hydrogen) atoms. The Hall–Kier alpha value is -1.06. The minimum atomic E-state index is -0.729. The van der Waals surface area contributed by atoms with Crippen molar-refractivity contribution in [3.63, 3.8) is 0 Å². The van der Waals surface area contributed by atoms with E-state index in [-0.39, 0.29) is 12.8 Å². The van der Waals surface area contributed by atoms with Gasteiger partial charge in [0.1, 0.15) is 0 Å². The number of rotatable bonds is 4. The van der Waals surface area contributed by atoms with Crippen LogP contribution < -0.4 is 5.73 Å². The van der Waals surface area contributed by atoms with Crippen molar-refractivity contribution in [2.24, 2.45) is 0 Å². The van der Waals surface area contributed by atoms with E-state index in [1.807, 2.05) is 0 Å². The van der Waals surface area contributed by atoms with Gasteiger partial charge in [0.25, 0.3) is 0 Å². The highest BCUT2D eigenvalue weighted by Gasteiger charge is 2.03. The van der Waals surface area contributed by atoms with Crippen LogP contribution in [0, 0.1) is 0 Å². The minimum absolute atomic E-state index is 0.0240. The monoisotopic (exact) mass is 144 g/mol. The summed E-state index contributed by atoms with van der Waals surface area (Å²) in [6.07, 6.45) is -0.0188. The maximum atomic E-state index is 10.5. The molecule has 0 bridgehead atoms. The number of carbonyl (C=O) groups excluding carboxylic acids is 2. The van der Waals surface area contributed by atoms with Gasteiger partial charge in [0, 0.05) is 6.42 Å². The van der Waals surface area contributed by atoms with Crippen LogP contribution in [-0.2, 0) is 14.3 Å². The van der Waals surface area contributed by atoms with E-state index in [9.17, 15) is 9.59 Å². The third-order valence-corrected chi connectivity index (χ3v) is 0.862. The lowest BCUT2D eigenvalue weighted by Gasteiger charge is -1.97. The Bertz CT molecular complexity index is 133. The van der Waals surface area contributed by atoms with Gasteiger partial charge >= 0.3 is 5.97 Å². The van der Waals surface area contributed by atoms with Gasteiger partial charge in [-0.15, -0.1) is 0 Å². The Morgan fingerprint density at radius 3 is 2.40 bits per heavy atom. The number of carbonyl (C=O) groups is 2. The van der Waals surface area contributed by atoms with Gasteiger partial charge in [-0.25, -0.2) is 0 Å². The molecule has 0 aliphatic heterocycles. The van der Waals surface area contributed by atoms with Crippen LogP contribution in [0.1, 0.15) is 19.8 Å². The molecule has 1 N–H and O–H groups in total. The second-order valence-corrected chi connectivity index (χ2v) is 1.73. The summed E-state index contributed by atoms with van der Waals surface area (Å²) in [4.78, 5) is 20.5. The van der Waals surface area contributed by atoms with Crippen molar-refractivity contribution in [2.75, 3.05) is 6.61 Å². The molecular weight excluding hydrogens is 134 g/mol. The molecular formula is C6H10NO3. The highest BCUT2D eigenvalue weighted by atomic mass is 16.5. The fourth-order valence-electron chi connectivity index (χ4n) is 0.449. The molecule has 1 radical (unpaired) electrons. The quantitative estimate of drug-likeness (QED) is 0.527. The molecule has 0 aromatic carbocycles. The Kier molecular flexibility index (Phi) is 4.28. The highest BCUT2D eigenvalue weighted by Crippen LogP contribution is 1.91. The molecule has 57 valence electrons. The normalized spacial score (nSPS) is 8.90. The number of hydrogen-bond acceptors (Lipinski definition) is 3. The summed E-state index contributed by atoms with van der Waals surface area (Å²) < 4.78 is 4.52. The topological polar surface area (TPSA) is 67.2 Å². The second kappa shape index (κ2) is 4.78. The van der Waals surface area contributed by atoms with Crippen molar-refractivity contribution in [3.05, 3.63) is 0 Å². The summed E-state index contributed by atoms with van der Waals surface area (Å²) in [5.74, 6) is -1.14. The summed E-state index contributed by atoms with van der Waals surface area (Å²) in [5.41, 5.74) is 6.46. The van der Waals surface area contributed by atoms with Crippen LogP contribution in [0.4, 0.5) is 0 Å². The first-order chi connectivity index (χ1) is 4.66. The highest BCUT2D eigenvalue weighted by molar-refractivity contribution is 5.79. The molecule has 0 rings (SSSR count). The predicted octanol–water partition coefficient (Wildman–Crippen LogP) is 0.139. The average molecular weight is 144 g/mol. The molecule has 1 amide bonds. The third-order valence-electron chi connectivity index (χ3n) is 0.862. The van der Waals surface area contributed by atoms with Gasteiger partial charge in [0.05, 0.1) is 13.0 Å². The largest absolute Gasteiger partial charge is 0.466 e. The smallest absolute Gasteiger partial charge is 0.306 e. The van der Waals surface area contributed by atoms with Crippen molar-refractivity contribution in [1.82, 2.24) is 5.73 Å². The number of nitrogens with one attached hydrogen (secondary N) is 1. The van der Waals surface area contributed by atoms with E-state index in [1.165, 1.54) is 0 Å². The number of amides is 1. The SMILES string of the molecule is CCOC(=O)CCC([NH])=O. The number of hydrogen-bond donors (Lipinski definition) is 0. The summed E-state index contributed by atoms with van der Waals surface area (Å²) in [5, 5.41) is 0.